The molecule has 1 saturated heterocycles. The summed E-state index contributed by atoms with van der Waals surface area (Å²) in [6.07, 6.45) is 0. The van der Waals surface area contributed by atoms with Gasteiger partial charge in [-0.15, -0.1) is 0 Å². The molecule has 2 heterocycles. The Hall–Kier alpha value is -2.68. The lowest BCUT2D eigenvalue weighted by atomic mass is 10.2. The molecule has 6 nitrogen and oxygen atoms in total. The number of anilines is 1. The zero-order valence-electron chi connectivity index (χ0n) is 15.1. The quantitative estimate of drug-likeness (QED) is 0.784. The van der Waals surface area contributed by atoms with E-state index in [2.05, 4.69) is 9.89 Å². The van der Waals surface area contributed by atoms with Gasteiger partial charge in [0.2, 0.25) is 5.96 Å². The van der Waals surface area contributed by atoms with Crippen LogP contribution in [0.4, 0.5) is 14.5 Å². The average molecular weight is 406 g/mol. The van der Waals surface area contributed by atoms with E-state index in [1.165, 1.54) is 28.6 Å². The molecule has 0 bridgehead atoms. The number of aliphatic imine (C=N–C) groups is 1. The van der Waals surface area contributed by atoms with Crippen molar-refractivity contribution in [3.8, 4) is 0 Å². The van der Waals surface area contributed by atoms with Gasteiger partial charge in [0.15, 0.2) is 0 Å². The third-order valence-electron chi connectivity index (χ3n) is 4.94. The van der Waals surface area contributed by atoms with Gasteiger partial charge in [0.1, 0.15) is 11.6 Å². The third-order valence-corrected chi connectivity index (χ3v) is 6.73. The first-order valence-corrected chi connectivity index (χ1v) is 10.5. The van der Waals surface area contributed by atoms with Crippen LogP contribution in [0, 0.1) is 11.6 Å². The van der Waals surface area contributed by atoms with E-state index in [0.717, 1.165) is 17.8 Å². The van der Waals surface area contributed by atoms with Crippen LogP contribution in [-0.4, -0.2) is 62.9 Å². The van der Waals surface area contributed by atoms with Gasteiger partial charge in [-0.2, -0.15) is 0 Å². The third kappa shape index (κ3) is 3.54. The lowest BCUT2D eigenvalue weighted by Gasteiger charge is -2.38. The lowest BCUT2D eigenvalue weighted by Crippen LogP contribution is -2.53. The summed E-state index contributed by atoms with van der Waals surface area (Å²) in [5, 5.41) is 0. The van der Waals surface area contributed by atoms with Crippen molar-refractivity contribution in [2.24, 2.45) is 4.99 Å². The predicted molar refractivity (Wildman–Crippen MR) is 103 cm³/mol. The van der Waals surface area contributed by atoms with E-state index in [1.807, 2.05) is 4.90 Å². The molecule has 0 N–H and O–H groups in total. The molecule has 28 heavy (non-hydrogen) atoms. The molecule has 0 aromatic heterocycles. The molecule has 4 rings (SSSR count). The monoisotopic (exact) mass is 406 g/mol. The minimum atomic E-state index is -3.79. The summed E-state index contributed by atoms with van der Waals surface area (Å²) in [7, 11) is -3.79. The van der Waals surface area contributed by atoms with Crippen LogP contribution in [0.5, 0.6) is 0 Å². The second-order valence-corrected chi connectivity index (χ2v) is 8.53. The highest BCUT2D eigenvalue weighted by molar-refractivity contribution is 7.89. The van der Waals surface area contributed by atoms with Gasteiger partial charge in [0.05, 0.1) is 18.0 Å². The van der Waals surface area contributed by atoms with Crippen molar-refractivity contribution in [3.05, 3.63) is 60.2 Å². The van der Waals surface area contributed by atoms with E-state index < -0.39 is 15.8 Å². The van der Waals surface area contributed by atoms with Crippen molar-refractivity contribution in [2.75, 3.05) is 44.2 Å². The SMILES string of the molecule is O=S(=O)(c1ccc(F)cc1)N1CCN=C1N1CCN(c2ccc(F)cc2)CC1. The molecule has 9 heteroatoms. The molecule has 2 aromatic rings. The highest BCUT2D eigenvalue weighted by Crippen LogP contribution is 2.23. The Kier molecular flexibility index (Phi) is 4.92. The average Bonchev–Trinajstić information content (AvgIpc) is 3.20. The van der Waals surface area contributed by atoms with E-state index >= 15 is 0 Å². The Labute approximate surface area is 162 Å². The predicted octanol–water partition coefficient (Wildman–Crippen LogP) is 2.15. The Bertz CT molecular complexity index is 970. The van der Waals surface area contributed by atoms with Gasteiger partial charge in [-0.1, -0.05) is 0 Å². The Morgan fingerprint density at radius 3 is 1.89 bits per heavy atom. The largest absolute Gasteiger partial charge is 0.368 e. The maximum absolute atomic E-state index is 13.2. The van der Waals surface area contributed by atoms with Crippen molar-refractivity contribution in [3.63, 3.8) is 0 Å². The maximum Gasteiger partial charge on any atom is 0.266 e. The summed E-state index contributed by atoms with van der Waals surface area (Å²) in [4.78, 5) is 8.54. The summed E-state index contributed by atoms with van der Waals surface area (Å²) in [5.74, 6) is -0.321. The normalized spacial score (nSPS) is 17.8. The van der Waals surface area contributed by atoms with Crippen molar-refractivity contribution in [1.82, 2.24) is 9.21 Å². The van der Waals surface area contributed by atoms with Gasteiger partial charge < -0.3 is 9.80 Å². The Morgan fingerprint density at radius 1 is 0.750 bits per heavy atom. The molecule has 0 radical (unpaired) electrons. The molecule has 0 amide bonds. The first-order chi connectivity index (χ1) is 13.4. The summed E-state index contributed by atoms with van der Waals surface area (Å²) < 4.78 is 53.5. The van der Waals surface area contributed by atoms with Crippen LogP contribution in [0.3, 0.4) is 0 Å². The Morgan fingerprint density at radius 2 is 1.29 bits per heavy atom. The highest BCUT2D eigenvalue weighted by Gasteiger charge is 2.35. The van der Waals surface area contributed by atoms with Crippen LogP contribution < -0.4 is 4.90 Å². The van der Waals surface area contributed by atoms with Crippen LogP contribution >= 0.6 is 0 Å². The van der Waals surface area contributed by atoms with Crippen LogP contribution in [0.1, 0.15) is 0 Å². The zero-order chi connectivity index (χ0) is 19.7. The van der Waals surface area contributed by atoms with Gasteiger partial charge in [-0.25, -0.2) is 21.5 Å². The van der Waals surface area contributed by atoms with E-state index in [-0.39, 0.29) is 17.3 Å². The maximum atomic E-state index is 13.2. The summed E-state index contributed by atoms with van der Waals surface area (Å²) in [5.41, 5.74) is 0.935. The minimum absolute atomic E-state index is 0.0495. The number of rotatable bonds is 3. The Balaban J connectivity index is 1.47. The lowest BCUT2D eigenvalue weighted by molar-refractivity contribution is 0.358. The minimum Gasteiger partial charge on any atom is -0.368 e. The van der Waals surface area contributed by atoms with E-state index in [0.29, 0.717) is 38.7 Å². The molecule has 0 unspecified atom stereocenters. The standard InChI is InChI=1S/C19H20F2N4O2S/c20-15-1-5-17(6-2-15)23-11-13-24(14-12-23)19-22-9-10-25(19)28(26,27)18-7-3-16(21)4-8-18/h1-8H,9-14H2. The first kappa shape index (κ1) is 18.7. The second kappa shape index (κ2) is 7.38. The van der Waals surface area contributed by atoms with Crippen molar-refractivity contribution in [1.29, 1.82) is 0 Å². The topological polar surface area (TPSA) is 56.2 Å². The van der Waals surface area contributed by atoms with Crippen molar-refractivity contribution < 1.29 is 17.2 Å². The fourth-order valence-corrected chi connectivity index (χ4v) is 4.90. The number of sulfonamides is 1. The molecule has 148 valence electrons. The fraction of sp³-hybridized carbons (Fsp3) is 0.316. The van der Waals surface area contributed by atoms with Gasteiger partial charge in [-0.05, 0) is 48.5 Å². The van der Waals surface area contributed by atoms with Crippen molar-refractivity contribution in [2.45, 2.75) is 4.90 Å². The van der Waals surface area contributed by atoms with Crippen molar-refractivity contribution >= 4 is 21.7 Å². The van der Waals surface area contributed by atoms with E-state index in [4.69, 9.17) is 0 Å². The van der Waals surface area contributed by atoms with Gasteiger partial charge in [0, 0.05) is 31.9 Å². The van der Waals surface area contributed by atoms with Gasteiger partial charge >= 0.3 is 0 Å². The number of hydrogen-bond donors (Lipinski definition) is 0. The molecule has 0 atom stereocenters. The summed E-state index contributed by atoms with van der Waals surface area (Å²) in [6, 6.07) is 11.2. The fourth-order valence-electron chi connectivity index (χ4n) is 3.46. The molecule has 0 aliphatic carbocycles. The number of piperazine rings is 1. The number of guanidine groups is 1. The molecule has 0 saturated carbocycles. The first-order valence-electron chi connectivity index (χ1n) is 9.03. The van der Waals surface area contributed by atoms with E-state index in [1.54, 1.807) is 12.1 Å². The molecule has 2 aliphatic rings. The molecule has 0 spiro atoms. The van der Waals surface area contributed by atoms with Crippen LogP contribution in [0.2, 0.25) is 0 Å². The molecule has 2 aromatic carbocycles. The summed E-state index contributed by atoms with van der Waals surface area (Å²) >= 11 is 0. The van der Waals surface area contributed by atoms with Crippen LogP contribution in [0.25, 0.3) is 0 Å². The summed E-state index contributed by atoms with van der Waals surface area (Å²) in [6.45, 7) is 3.22. The second-order valence-electron chi connectivity index (χ2n) is 6.66. The van der Waals surface area contributed by atoms with Gasteiger partial charge in [0.25, 0.3) is 10.0 Å². The molecule has 1 fully saturated rings. The smallest absolute Gasteiger partial charge is 0.266 e. The number of hydrogen-bond acceptors (Lipinski definition) is 5. The van der Waals surface area contributed by atoms with Crippen LogP contribution in [0.15, 0.2) is 58.4 Å². The highest BCUT2D eigenvalue weighted by atomic mass is 32.2. The number of nitrogens with zero attached hydrogens (tertiary/aromatic N) is 4. The molecule has 2 aliphatic heterocycles. The molecular weight excluding hydrogens is 386 g/mol. The van der Waals surface area contributed by atoms with Gasteiger partial charge in [-0.3, -0.25) is 4.99 Å². The number of halogens is 2. The zero-order valence-corrected chi connectivity index (χ0v) is 15.9. The molecular formula is C19H20F2N4O2S. The van der Waals surface area contributed by atoms with E-state index in [9.17, 15) is 17.2 Å². The number of benzene rings is 2. The van der Waals surface area contributed by atoms with Crippen LogP contribution in [-0.2, 0) is 10.0 Å².